The van der Waals surface area contributed by atoms with Gasteiger partial charge in [0.15, 0.2) is 0 Å². The summed E-state index contributed by atoms with van der Waals surface area (Å²) in [6, 6.07) is 0. The first-order valence-electron chi connectivity index (χ1n) is 14.1. The Labute approximate surface area is 193 Å². The first-order valence-corrected chi connectivity index (χ1v) is 14.1. The zero-order chi connectivity index (χ0) is 22.4. The Bertz CT molecular complexity index is 649. The standard InChI is InChI=1S/C30H52O/c1-7-9-23-26-13-12-22-25-15-14-24(21(4)11-8-10-20(2)3)29(25,5)18-16-27(22)30(26,6)19-17-28(23)31/h12,20-21,23-28,31H,7-11,13-19H2,1-6H3/t21-,23?,24-,25+,26?,27+,28?,29-,30+/m1/s1. The van der Waals surface area contributed by atoms with Crippen molar-refractivity contribution in [3.05, 3.63) is 11.6 Å². The molecule has 0 heterocycles. The first kappa shape index (κ1) is 23.8. The minimum Gasteiger partial charge on any atom is -0.393 e. The lowest BCUT2D eigenvalue weighted by molar-refractivity contribution is -0.0858. The summed E-state index contributed by atoms with van der Waals surface area (Å²) in [7, 11) is 0. The van der Waals surface area contributed by atoms with Gasteiger partial charge in [-0.25, -0.2) is 0 Å². The molecule has 0 aliphatic heterocycles. The maximum Gasteiger partial charge on any atom is 0.0571 e. The summed E-state index contributed by atoms with van der Waals surface area (Å²) < 4.78 is 0. The highest BCUT2D eigenvalue weighted by Crippen LogP contribution is 2.67. The SMILES string of the molecule is CCCC1C(O)CC[C@@]2(C)C1CC=C1[C@@H]3CC[C@H]([C@H](C)CCCC(C)C)[C@@]3(C)CC[C@@H]12. The van der Waals surface area contributed by atoms with E-state index in [-0.39, 0.29) is 6.10 Å². The fraction of sp³-hybridized carbons (Fsp3) is 0.933. The molecule has 0 aromatic rings. The average molecular weight is 429 g/mol. The summed E-state index contributed by atoms with van der Waals surface area (Å²) in [5, 5.41) is 10.8. The molecule has 9 atom stereocenters. The summed E-state index contributed by atoms with van der Waals surface area (Å²) in [5.41, 5.74) is 2.86. The van der Waals surface area contributed by atoms with Gasteiger partial charge in [-0.3, -0.25) is 0 Å². The normalized spacial score (nSPS) is 45.6. The number of hydrogen-bond acceptors (Lipinski definition) is 1. The van der Waals surface area contributed by atoms with E-state index in [0.717, 1.165) is 36.0 Å². The molecule has 1 N–H and O–H groups in total. The van der Waals surface area contributed by atoms with Crippen LogP contribution in [0.25, 0.3) is 0 Å². The van der Waals surface area contributed by atoms with E-state index < -0.39 is 0 Å². The van der Waals surface area contributed by atoms with Crippen molar-refractivity contribution in [1.82, 2.24) is 0 Å². The zero-order valence-corrected chi connectivity index (χ0v) is 21.6. The van der Waals surface area contributed by atoms with Crippen molar-refractivity contribution in [2.45, 2.75) is 125 Å². The van der Waals surface area contributed by atoms with E-state index in [1.165, 1.54) is 70.6 Å². The van der Waals surface area contributed by atoms with E-state index in [2.05, 4.69) is 47.6 Å². The van der Waals surface area contributed by atoms with Crippen molar-refractivity contribution in [3.63, 3.8) is 0 Å². The van der Waals surface area contributed by atoms with Crippen LogP contribution in [-0.4, -0.2) is 11.2 Å². The predicted octanol–water partition coefficient (Wildman–Crippen LogP) is 8.41. The molecule has 3 unspecified atom stereocenters. The fourth-order valence-electron chi connectivity index (χ4n) is 9.50. The van der Waals surface area contributed by atoms with E-state index in [0.29, 0.717) is 22.7 Å². The third kappa shape index (κ3) is 4.08. The topological polar surface area (TPSA) is 20.2 Å². The Morgan fingerprint density at radius 1 is 0.968 bits per heavy atom. The molecule has 178 valence electrons. The molecule has 0 bridgehead atoms. The fourth-order valence-corrected chi connectivity index (χ4v) is 9.50. The molecule has 0 spiro atoms. The second kappa shape index (κ2) is 9.15. The number of hydrogen-bond donors (Lipinski definition) is 1. The van der Waals surface area contributed by atoms with Gasteiger partial charge in [-0.15, -0.1) is 0 Å². The van der Waals surface area contributed by atoms with E-state index in [1.54, 1.807) is 0 Å². The molecule has 4 rings (SSSR count). The van der Waals surface area contributed by atoms with Gasteiger partial charge in [0.1, 0.15) is 0 Å². The van der Waals surface area contributed by atoms with Crippen molar-refractivity contribution in [2.24, 2.45) is 52.3 Å². The molecule has 0 radical (unpaired) electrons. The third-order valence-electron chi connectivity index (χ3n) is 11.2. The molecule has 0 aromatic heterocycles. The summed E-state index contributed by atoms with van der Waals surface area (Å²) >= 11 is 0. The lowest BCUT2D eigenvalue weighted by Gasteiger charge is -2.59. The lowest BCUT2D eigenvalue weighted by Crippen LogP contribution is -2.53. The lowest BCUT2D eigenvalue weighted by atomic mass is 9.45. The Balaban J connectivity index is 1.53. The molecule has 3 saturated carbocycles. The van der Waals surface area contributed by atoms with Gasteiger partial charge in [-0.1, -0.05) is 78.9 Å². The molecule has 4 aliphatic carbocycles. The number of aliphatic hydroxyl groups is 1. The Morgan fingerprint density at radius 3 is 2.39 bits per heavy atom. The molecule has 0 aromatic carbocycles. The van der Waals surface area contributed by atoms with E-state index >= 15 is 0 Å². The Morgan fingerprint density at radius 2 is 1.68 bits per heavy atom. The van der Waals surface area contributed by atoms with Gasteiger partial charge in [0, 0.05) is 0 Å². The molecule has 3 fully saturated rings. The van der Waals surface area contributed by atoms with Crippen LogP contribution in [0.4, 0.5) is 0 Å². The minimum absolute atomic E-state index is 0.0515. The zero-order valence-electron chi connectivity index (χ0n) is 21.6. The number of aliphatic hydroxyl groups excluding tert-OH is 1. The van der Waals surface area contributed by atoms with Gasteiger partial charge in [-0.2, -0.15) is 0 Å². The average Bonchev–Trinajstić information content (AvgIpc) is 3.07. The van der Waals surface area contributed by atoms with E-state index in [1.807, 2.05) is 5.57 Å². The van der Waals surface area contributed by atoms with Crippen molar-refractivity contribution in [2.75, 3.05) is 0 Å². The van der Waals surface area contributed by atoms with Gasteiger partial charge >= 0.3 is 0 Å². The molecule has 1 heteroatoms. The van der Waals surface area contributed by atoms with Crippen molar-refractivity contribution in [3.8, 4) is 0 Å². The second-order valence-electron chi connectivity index (χ2n) is 13.2. The van der Waals surface area contributed by atoms with Crippen LogP contribution in [0.5, 0.6) is 0 Å². The Kier molecular flexibility index (Phi) is 7.04. The van der Waals surface area contributed by atoms with E-state index in [4.69, 9.17) is 0 Å². The summed E-state index contributed by atoms with van der Waals surface area (Å²) in [4.78, 5) is 0. The predicted molar refractivity (Wildman–Crippen MR) is 133 cm³/mol. The highest BCUT2D eigenvalue weighted by Gasteiger charge is 2.59. The van der Waals surface area contributed by atoms with Gasteiger partial charge in [0.2, 0.25) is 0 Å². The van der Waals surface area contributed by atoms with E-state index in [9.17, 15) is 5.11 Å². The smallest absolute Gasteiger partial charge is 0.0571 e. The van der Waals surface area contributed by atoms with Crippen molar-refractivity contribution < 1.29 is 5.11 Å². The third-order valence-corrected chi connectivity index (χ3v) is 11.2. The molecule has 0 saturated heterocycles. The molecular formula is C30H52O. The van der Waals surface area contributed by atoms with Crippen LogP contribution in [-0.2, 0) is 0 Å². The highest BCUT2D eigenvalue weighted by atomic mass is 16.3. The van der Waals surface area contributed by atoms with Crippen LogP contribution < -0.4 is 0 Å². The monoisotopic (exact) mass is 428 g/mol. The second-order valence-corrected chi connectivity index (χ2v) is 13.2. The van der Waals surface area contributed by atoms with Crippen LogP contribution in [0.1, 0.15) is 119 Å². The van der Waals surface area contributed by atoms with Crippen LogP contribution in [0.15, 0.2) is 11.6 Å². The molecule has 31 heavy (non-hydrogen) atoms. The van der Waals surface area contributed by atoms with Gasteiger partial charge in [0.25, 0.3) is 0 Å². The maximum atomic E-state index is 10.8. The van der Waals surface area contributed by atoms with Crippen molar-refractivity contribution in [1.29, 1.82) is 0 Å². The van der Waals surface area contributed by atoms with Gasteiger partial charge in [-0.05, 0) is 104 Å². The number of fused-ring (bicyclic) bond motifs is 5. The first-order chi connectivity index (χ1) is 14.7. The minimum atomic E-state index is -0.0515. The largest absolute Gasteiger partial charge is 0.393 e. The highest BCUT2D eigenvalue weighted by molar-refractivity contribution is 5.28. The van der Waals surface area contributed by atoms with Crippen LogP contribution >= 0.6 is 0 Å². The molecular weight excluding hydrogens is 376 g/mol. The van der Waals surface area contributed by atoms with Crippen LogP contribution in [0, 0.1) is 52.3 Å². The molecule has 1 nitrogen and oxygen atoms in total. The number of rotatable bonds is 7. The number of allylic oxidation sites excluding steroid dienone is 2. The van der Waals surface area contributed by atoms with Gasteiger partial charge < -0.3 is 5.11 Å². The Hall–Kier alpha value is -0.300. The maximum absolute atomic E-state index is 10.8. The van der Waals surface area contributed by atoms with Gasteiger partial charge in [0.05, 0.1) is 6.10 Å². The van der Waals surface area contributed by atoms with Crippen LogP contribution in [0.3, 0.4) is 0 Å². The quantitative estimate of drug-likeness (QED) is 0.403. The summed E-state index contributed by atoms with van der Waals surface area (Å²) in [5.74, 6) is 5.55. The van der Waals surface area contributed by atoms with Crippen molar-refractivity contribution >= 4 is 0 Å². The van der Waals surface area contributed by atoms with Crippen LogP contribution in [0.2, 0.25) is 0 Å². The summed E-state index contributed by atoms with van der Waals surface area (Å²) in [6.45, 7) is 14.9. The summed E-state index contributed by atoms with van der Waals surface area (Å²) in [6.07, 6.45) is 18.7. The molecule has 0 amide bonds. The molecule has 4 aliphatic rings.